The number of amides is 1. The van der Waals surface area contributed by atoms with Crippen molar-refractivity contribution in [3.63, 3.8) is 0 Å². The van der Waals surface area contributed by atoms with Crippen LogP contribution in [0.2, 0.25) is 0 Å². The van der Waals surface area contributed by atoms with Gasteiger partial charge < -0.3 is 16.0 Å². The smallest absolute Gasteiger partial charge is 0.293 e. The third-order valence-electron chi connectivity index (χ3n) is 7.74. The number of benzene rings is 2. The number of carbonyl (C=O) groups excluding carboxylic acids is 2. The SMILES string of the molecule is Cc1c(CC(=O)c2ncc3c(n2)CCNC3)cccc1-c1cccc(NC(=O)c2ncc3c(n2)CCNC3)c1C. The number of hydrogen-bond acceptors (Lipinski definition) is 8. The highest BCUT2D eigenvalue weighted by Gasteiger charge is 2.20. The maximum Gasteiger partial charge on any atom is 0.293 e. The summed E-state index contributed by atoms with van der Waals surface area (Å²) in [6.07, 6.45) is 5.29. The Kier molecular flexibility index (Phi) is 7.15. The van der Waals surface area contributed by atoms with E-state index in [0.717, 1.165) is 89.4 Å². The monoisotopic (exact) mass is 533 g/mol. The largest absolute Gasteiger partial charge is 0.319 e. The molecular formula is C31H31N7O2. The molecule has 3 N–H and O–H groups in total. The standard InChI is InChI=1S/C31H31N7O2/c1-18-20(13-28(39)29-34-16-21-14-32-11-9-26(21)36-29)5-3-6-23(18)24-7-4-8-25(19(24)2)38-31(40)30-35-17-22-15-33-12-10-27(22)37-30/h3-8,16-17,32-33H,9-15H2,1-2H3,(H,38,40). The van der Waals surface area contributed by atoms with Gasteiger partial charge in [0, 0.05) is 74.6 Å². The van der Waals surface area contributed by atoms with Crippen molar-refractivity contribution < 1.29 is 9.59 Å². The molecule has 9 nitrogen and oxygen atoms in total. The van der Waals surface area contributed by atoms with Gasteiger partial charge in [0.15, 0.2) is 5.82 Å². The molecule has 9 heteroatoms. The molecule has 0 atom stereocenters. The maximum atomic E-state index is 13.2. The van der Waals surface area contributed by atoms with Gasteiger partial charge >= 0.3 is 0 Å². The van der Waals surface area contributed by atoms with Crippen molar-refractivity contribution in [3.05, 3.63) is 99.6 Å². The van der Waals surface area contributed by atoms with Crippen LogP contribution in [0.5, 0.6) is 0 Å². The lowest BCUT2D eigenvalue weighted by atomic mass is 9.91. The zero-order valence-electron chi connectivity index (χ0n) is 22.7. The molecular weight excluding hydrogens is 502 g/mol. The first-order valence-electron chi connectivity index (χ1n) is 13.6. The molecule has 202 valence electrons. The molecule has 0 radical (unpaired) electrons. The summed E-state index contributed by atoms with van der Waals surface area (Å²) in [7, 11) is 0. The van der Waals surface area contributed by atoms with Crippen molar-refractivity contribution in [2.45, 2.75) is 46.2 Å². The van der Waals surface area contributed by atoms with Gasteiger partial charge in [-0.05, 0) is 47.7 Å². The number of nitrogens with zero attached hydrogens (tertiary/aromatic N) is 4. The minimum Gasteiger partial charge on any atom is -0.319 e. The number of nitrogens with one attached hydrogen (secondary N) is 3. The Hall–Kier alpha value is -4.34. The van der Waals surface area contributed by atoms with Crippen molar-refractivity contribution in [1.29, 1.82) is 0 Å². The molecule has 2 aliphatic rings. The minimum absolute atomic E-state index is 0.0971. The zero-order chi connectivity index (χ0) is 27.6. The lowest BCUT2D eigenvalue weighted by Gasteiger charge is -2.17. The van der Waals surface area contributed by atoms with Crippen LogP contribution in [0, 0.1) is 13.8 Å². The van der Waals surface area contributed by atoms with Crippen LogP contribution in [-0.4, -0.2) is 44.7 Å². The highest BCUT2D eigenvalue weighted by molar-refractivity contribution is 6.02. The van der Waals surface area contributed by atoms with E-state index in [4.69, 9.17) is 0 Å². The summed E-state index contributed by atoms with van der Waals surface area (Å²) in [6, 6.07) is 11.8. The predicted octanol–water partition coefficient (Wildman–Crippen LogP) is 3.52. The Morgan fingerprint density at radius 3 is 2.10 bits per heavy atom. The molecule has 0 spiro atoms. The summed E-state index contributed by atoms with van der Waals surface area (Å²) in [6.45, 7) is 7.17. The van der Waals surface area contributed by atoms with Crippen molar-refractivity contribution in [3.8, 4) is 11.1 Å². The Morgan fingerprint density at radius 1 is 0.800 bits per heavy atom. The van der Waals surface area contributed by atoms with Gasteiger partial charge in [0.1, 0.15) is 0 Å². The molecule has 4 heterocycles. The number of carbonyl (C=O) groups is 2. The molecule has 0 fully saturated rings. The topological polar surface area (TPSA) is 122 Å². The minimum atomic E-state index is -0.335. The lowest BCUT2D eigenvalue weighted by Crippen LogP contribution is -2.26. The Labute approximate surface area is 232 Å². The van der Waals surface area contributed by atoms with Crippen molar-refractivity contribution >= 4 is 17.4 Å². The summed E-state index contributed by atoms with van der Waals surface area (Å²) >= 11 is 0. The summed E-state index contributed by atoms with van der Waals surface area (Å²) in [5.41, 5.74) is 9.52. The molecule has 0 aliphatic carbocycles. The summed E-state index contributed by atoms with van der Waals surface area (Å²) in [5, 5.41) is 9.59. The van der Waals surface area contributed by atoms with Gasteiger partial charge in [0.05, 0.1) is 11.4 Å². The van der Waals surface area contributed by atoms with Crippen LogP contribution >= 0.6 is 0 Å². The van der Waals surface area contributed by atoms with Crippen LogP contribution in [0.25, 0.3) is 11.1 Å². The number of fused-ring (bicyclic) bond motifs is 2. The normalized spacial score (nSPS) is 14.2. The van der Waals surface area contributed by atoms with E-state index in [-0.39, 0.29) is 29.8 Å². The van der Waals surface area contributed by atoms with Gasteiger partial charge in [-0.1, -0.05) is 30.3 Å². The van der Waals surface area contributed by atoms with Gasteiger partial charge in [-0.3, -0.25) is 9.59 Å². The molecule has 2 aromatic carbocycles. The molecule has 0 bridgehead atoms. The second-order valence-electron chi connectivity index (χ2n) is 10.3. The van der Waals surface area contributed by atoms with Crippen LogP contribution in [0.3, 0.4) is 0 Å². The number of hydrogen-bond donors (Lipinski definition) is 3. The maximum absolute atomic E-state index is 13.2. The number of anilines is 1. The van der Waals surface area contributed by atoms with Crippen molar-refractivity contribution in [2.24, 2.45) is 0 Å². The third-order valence-corrected chi connectivity index (χ3v) is 7.74. The van der Waals surface area contributed by atoms with Gasteiger partial charge in [0.25, 0.3) is 5.91 Å². The molecule has 2 aliphatic heterocycles. The van der Waals surface area contributed by atoms with E-state index in [1.54, 1.807) is 12.4 Å². The predicted molar refractivity (Wildman–Crippen MR) is 152 cm³/mol. The molecule has 4 aromatic rings. The van der Waals surface area contributed by atoms with E-state index in [1.807, 2.05) is 50.2 Å². The van der Waals surface area contributed by atoms with Gasteiger partial charge in [-0.2, -0.15) is 0 Å². The van der Waals surface area contributed by atoms with Crippen LogP contribution in [0.4, 0.5) is 5.69 Å². The third kappa shape index (κ3) is 5.13. The number of ketones is 1. The van der Waals surface area contributed by atoms with E-state index in [1.165, 1.54) is 0 Å². The van der Waals surface area contributed by atoms with Crippen molar-refractivity contribution in [2.75, 3.05) is 18.4 Å². The fraction of sp³-hybridized carbons (Fsp3) is 0.290. The molecule has 40 heavy (non-hydrogen) atoms. The first kappa shape index (κ1) is 25.9. The highest BCUT2D eigenvalue weighted by atomic mass is 16.2. The first-order valence-corrected chi connectivity index (χ1v) is 13.6. The molecule has 6 rings (SSSR count). The summed E-state index contributed by atoms with van der Waals surface area (Å²) < 4.78 is 0. The van der Waals surface area contributed by atoms with Crippen molar-refractivity contribution in [1.82, 2.24) is 30.6 Å². The fourth-order valence-corrected chi connectivity index (χ4v) is 5.38. The van der Waals surface area contributed by atoms with E-state index in [0.29, 0.717) is 5.69 Å². The van der Waals surface area contributed by atoms with Gasteiger partial charge in [0.2, 0.25) is 11.6 Å². The van der Waals surface area contributed by atoms with E-state index < -0.39 is 0 Å². The van der Waals surface area contributed by atoms with Crippen LogP contribution in [0.15, 0.2) is 48.8 Å². The first-order chi connectivity index (χ1) is 19.5. The van der Waals surface area contributed by atoms with E-state index in [2.05, 4.69) is 35.9 Å². The molecule has 2 aromatic heterocycles. The fourth-order valence-electron chi connectivity index (χ4n) is 5.38. The Morgan fingerprint density at radius 2 is 1.40 bits per heavy atom. The lowest BCUT2D eigenvalue weighted by molar-refractivity contribution is 0.0980. The Balaban J connectivity index is 1.23. The number of aromatic nitrogens is 4. The van der Waals surface area contributed by atoms with E-state index >= 15 is 0 Å². The van der Waals surface area contributed by atoms with Crippen LogP contribution in [0.1, 0.15) is 60.4 Å². The van der Waals surface area contributed by atoms with Crippen LogP contribution in [-0.2, 0) is 32.4 Å². The second-order valence-corrected chi connectivity index (χ2v) is 10.3. The molecule has 1 amide bonds. The van der Waals surface area contributed by atoms with Gasteiger partial charge in [-0.25, -0.2) is 19.9 Å². The average molecular weight is 534 g/mol. The van der Waals surface area contributed by atoms with Gasteiger partial charge in [-0.15, -0.1) is 0 Å². The number of Topliss-reactive ketones (excluding diaryl/α,β-unsaturated/α-hetero) is 1. The highest BCUT2D eigenvalue weighted by Crippen LogP contribution is 2.32. The average Bonchev–Trinajstić information content (AvgIpc) is 2.99. The van der Waals surface area contributed by atoms with Crippen LogP contribution < -0.4 is 16.0 Å². The summed E-state index contributed by atoms with van der Waals surface area (Å²) in [4.78, 5) is 43.9. The molecule has 0 saturated carbocycles. The summed E-state index contributed by atoms with van der Waals surface area (Å²) in [5.74, 6) is 0.00781. The zero-order valence-corrected chi connectivity index (χ0v) is 22.7. The number of rotatable bonds is 6. The molecule has 0 saturated heterocycles. The molecule has 0 unspecified atom stereocenters. The quantitative estimate of drug-likeness (QED) is 0.322. The second kappa shape index (κ2) is 11.0. The Bertz CT molecular complexity index is 1510. The van der Waals surface area contributed by atoms with E-state index in [9.17, 15) is 9.59 Å².